The van der Waals surface area contributed by atoms with Gasteiger partial charge in [-0.25, -0.2) is 13.6 Å². The zero-order valence-electron chi connectivity index (χ0n) is 19.0. The van der Waals surface area contributed by atoms with Gasteiger partial charge in [0.2, 0.25) is 0 Å². The largest absolute Gasteiger partial charge is 0.469 e. The number of carbonyl (C=O) groups excluding carboxylic acids is 2. The molecule has 1 aliphatic rings. The quantitative estimate of drug-likeness (QED) is 0.325. The zero-order chi connectivity index (χ0) is 25.1. The normalized spacial score (nSPS) is 17.3. The Hall–Kier alpha value is -3.46. The lowest BCUT2D eigenvalue weighted by Crippen LogP contribution is -2.31. The lowest BCUT2D eigenvalue weighted by atomic mass is 10.0. The van der Waals surface area contributed by atoms with Crippen molar-refractivity contribution in [1.29, 1.82) is 0 Å². The van der Waals surface area contributed by atoms with Crippen LogP contribution >= 0.6 is 15.9 Å². The highest BCUT2D eigenvalue weighted by Gasteiger charge is 2.40. The van der Waals surface area contributed by atoms with Crippen molar-refractivity contribution in [2.24, 2.45) is 0 Å². The molecule has 4 rings (SSSR count). The third-order valence-electron chi connectivity index (χ3n) is 5.67. The molecule has 0 bridgehead atoms. The molecule has 1 amide bonds. The average Bonchev–Trinajstić information content (AvgIpc) is 3.09. The first kappa shape index (κ1) is 24.7. The average molecular weight is 546 g/mol. The van der Waals surface area contributed by atoms with E-state index in [4.69, 9.17) is 14.2 Å². The van der Waals surface area contributed by atoms with Crippen molar-refractivity contribution in [3.63, 3.8) is 0 Å². The van der Waals surface area contributed by atoms with E-state index in [0.29, 0.717) is 17.1 Å². The molecule has 0 saturated carbocycles. The molecule has 0 N–H and O–H groups in total. The molecule has 182 valence electrons. The summed E-state index contributed by atoms with van der Waals surface area (Å²) in [4.78, 5) is 25.8. The number of hydrogen-bond donors (Lipinski definition) is 0. The minimum absolute atomic E-state index is 0.111. The van der Waals surface area contributed by atoms with Gasteiger partial charge in [-0.15, -0.1) is 0 Å². The maximum atomic E-state index is 13.7. The molecule has 35 heavy (non-hydrogen) atoms. The van der Waals surface area contributed by atoms with Gasteiger partial charge in [0.15, 0.2) is 0 Å². The predicted molar refractivity (Wildman–Crippen MR) is 127 cm³/mol. The second-order valence-corrected chi connectivity index (χ2v) is 9.05. The lowest BCUT2D eigenvalue weighted by Gasteiger charge is -2.22. The molecule has 0 aromatic heterocycles. The van der Waals surface area contributed by atoms with Crippen LogP contribution in [-0.4, -0.2) is 30.1 Å². The van der Waals surface area contributed by atoms with Gasteiger partial charge in [0, 0.05) is 21.7 Å². The summed E-state index contributed by atoms with van der Waals surface area (Å²) in [5.74, 6) is -0.817. The molecule has 0 aliphatic carbocycles. The molecule has 6 nitrogen and oxygen atoms in total. The third-order valence-corrected chi connectivity index (χ3v) is 6.16. The fourth-order valence-electron chi connectivity index (χ4n) is 3.94. The van der Waals surface area contributed by atoms with E-state index in [9.17, 15) is 18.4 Å². The molecule has 0 radical (unpaired) electrons. The van der Waals surface area contributed by atoms with E-state index in [2.05, 4.69) is 15.9 Å². The number of carbonyl (C=O) groups is 2. The molecule has 9 heteroatoms. The molecule has 1 saturated heterocycles. The fourth-order valence-corrected chi connectivity index (χ4v) is 4.35. The minimum Gasteiger partial charge on any atom is -0.469 e. The van der Waals surface area contributed by atoms with Crippen LogP contribution in [-0.2, 0) is 27.2 Å². The van der Waals surface area contributed by atoms with Crippen molar-refractivity contribution in [2.75, 3.05) is 7.11 Å². The Morgan fingerprint density at radius 3 is 2.54 bits per heavy atom. The summed E-state index contributed by atoms with van der Waals surface area (Å²) < 4.78 is 44.5. The number of halogens is 3. The number of cyclic esters (lactones) is 1. The summed E-state index contributed by atoms with van der Waals surface area (Å²) in [5, 5.41) is 0. The summed E-state index contributed by atoms with van der Waals surface area (Å²) in [6.07, 6.45) is -1.31. The van der Waals surface area contributed by atoms with Crippen molar-refractivity contribution in [2.45, 2.75) is 32.0 Å². The Morgan fingerprint density at radius 1 is 1.09 bits per heavy atom. The summed E-state index contributed by atoms with van der Waals surface area (Å²) >= 11 is 3.45. The van der Waals surface area contributed by atoms with Gasteiger partial charge in [0.25, 0.3) is 0 Å². The van der Waals surface area contributed by atoms with Gasteiger partial charge in [-0.3, -0.25) is 9.69 Å². The van der Waals surface area contributed by atoms with Gasteiger partial charge in [-0.1, -0.05) is 28.1 Å². The lowest BCUT2D eigenvalue weighted by molar-refractivity contribution is -0.139. The van der Waals surface area contributed by atoms with Crippen LogP contribution in [0.4, 0.5) is 13.6 Å². The van der Waals surface area contributed by atoms with E-state index >= 15 is 0 Å². The smallest absolute Gasteiger partial charge is 0.411 e. The van der Waals surface area contributed by atoms with Crippen LogP contribution in [0.2, 0.25) is 0 Å². The van der Waals surface area contributed by atoms with Crippen LogP contribution in [0.15, 0.2) is 65.1 Å². The number of rotatable bonds is 7. The van der Waals surface area contributed by atoms with E-state index in [1.807, 2.05) is 6.07 Å². The van der Waals surface area contributed by atoms with Crippen molar-refractivity contribution in [3.05, 3.63) is 93.5 Å². The topological polar surface area (TPSA) is 65.1 Å². The van der Waals surface area contributed by atoms with Gasteiger partial charge in [-0.05, 0) is 55.0 Å². The first-order valence-electron chi connectivity index (χ1n) is 10.8. The molecule has 0 unspecified atom stereocenters. The van der Waals surface area contributed by atoms with E-state index < -0.39 is 29.9 Å². The second-order valence-electron chi connectivity index (χ2n) is 8.13. The van der Waals surface area contributed by atoms with Crippen molar-refractivity contribution < 1.29 is 32.6 Å². The first-order valence-corrected chi connectivity index (χ1v) is 11.6. The van der Waals surface area contributed by atoms with Gasteiger partial charge in [0.1, 0.15) is 29.2 Å². The Labute approximate surface area is 209 Å². The predicted octanol–water partition coefficient (Wildman–Crippen LogP) is 6.32. The van der Waals surface area contributed by atoms with Gasteiger partial charge in [-0.2, -0.15) is 0 Å². The summed E-state index contributed by atoms with van der Waals surface area (Å²) in [6.45, 7) is 1.90. The van der Waals surface area contributed by atoms with E-state index in [1.54, 1.807) is 43.3 Å². The van der Waals surface area contributed by atoms with E-state index in [1.165, 1.54) is 12.0 Å². The molecule has 0 spiro atoms. The fraction of sp³-hybridized carbons (Fsp3) is 0.231. The van der Waals surface area contributed by atoms with Crippen LogP contribution in [0.1, 0.15) is 29.7 Å². The highest BCUT2D eigenvalue weighted by atomic mass is 79.9. The summed E-state index contributed by atoms with van der Waals surface area (Å²) in [5.41, 5.74) is 1.67. The Balaban J connectivity index is 1.56. The SMILES string of the molecule is COC(=O)Cc1cccc(Oc2ccc(Br)cc2CN2C(=O)O[C@H](c3cc(F)cc(F)c3)[C@@H]2C)c1. The number of methoxy groups -OCH3 is 1. The number of benzene rings is 3. The van der Waals surface area contributed by atoms with Crippen LogP contribution < -0.4 is 4.74 Å². The number of ether oxygens (including phenoxy) is 3. The Morgan fingerprint density at radius 2 is 1.83 bits per heavy atom. The van der Waals surface area contributed by atoms with Crippen molar-refractivity contribution in [3.8, 4) is 11.5 Å². The standard InChI is InChI=1S/C26H22BrF2NO5/c1-15-25(17-11-20(28)13-21(29)12-17)35-26(32)30(15)14-18-10-19(27)6-7-23(18)34-22-5-3-4-16(8-22)9-24(31)33-2/h3-8,10-13,15,25H,9,14H2,1-2H3/t15-,25-/m0/s1. The van der Waals surface area contributed by atoms with Gasteiger partial charge >= 0.3 is 12.1 Å². The van der Waals surface area contributed by atoms with Crippen LogP contribution in [0.5, 0.6) is 11.5 Å². The molecule has 3 aromatic carbocycles. The molecule has 1 aliphatic heterocycles. The van der Waals surface area contributed by atoms with Crippen molar-refractivity contribution >= 4 is 28.0 Å². The van der Waals surface area contributed by atoms with Crippen LogP contribution in [0.25, 0.3) is 0 Å². The summed E-state index contributed by atoms with van der Waals surface area (Å²) in [7, 11) is 1.33. The summed E-state index contributed by atoms with van der Waals surface area (Å²) in [6, 6.07) is 15.1. The van der Waals surface area contributed by atoms with Crippen molar-refractivity contribution in [1.82, 2.24) is 4.90 Å². The number of amides is 1. The molecular formula is C26H22BrF2NO5. The van der Waals surface area contributed by atoms with Crippen LogP contribution in [0.3, 0.4) is 0 Å². The highest BCUT2D eigenvalue weighted by Crippen LogP contribution is 2.36. The maximum absolute atomic E-state index is 13.7. The number of esters is 1. The second kappa shape index (κ2) is 10.4. The Bertz CT molecular complexity index is 1250. The number of hydrogen-bond acceptors (Lipinski definition) is 5. The molecule has 2 atom stereocenters. The molecule has 1 fully saturated rings. The molecular weight excluding hydrogens is 524 g/mol. The van der Waals surface area contributed by atoms with Gasteiger partial charge < -0.3 is 14.2 Å². The Kier molecular flexibility index (Phi) is 7.35. The van der Waals surface area contributed by atoms with Gasteiger partial charge in [0.05, 0.1) is 26.1 Å². The highest BCUT2D eigenvalue weighted by molar-refractivity contribution is 9.10. The third kappa shape index (κ3) is 5.79. The maximum Gasteiger partial charge on any atom is 0.411 e. The number of nitrogens with zero attached hydrogens (tertiary/aromatic N) is 1. The minimum atomic E-state index is -0.820. The monoisotopic (exact) mass is 545 g/mol. The van der Waals surface area contributed by atoms with E-state index in [-0.39, 0.29) is 24.5 Å². The first-order chi connectivity index (χ1) is 16.7. The van der Waals surface area contributed by atoms with E-state index in [0.717, 1.165) is 28.2 Å². The molecule has 3 aromatic rings. The molecule has 1 heterocycles. The zero-order valence-corrected chi connectivity index (χ0v) is 20.6. The van der Waals surface area contributed by atoms with Crippen LogP contribution in [0, 0.1) is 11.6 Å².